The number of ether oxygens (including phenoxy) is 1. The monoisotopic (exact) mass is 388 g/mol. The van der Waals surface area contributed by atoms with Gasteiger partial charge in [-0.25, -0.2) is 9.40 Å². The van der Waals surface area contributed by atoms with Crippen molar-refractivity contribution in [2.45, 2.75) is 6.61 Å². The molecule has 0 aliphatic carbocycles. The van der Waals surface area contributed by atoms with Crippen LogP contribution in [0.15, 0.2) is 84.4 Å². The van der Waals surface area contributed by atoms with Crippen LogP contribution in [0.5, 0.6) is 5.75 Å². The number of nitrogens with zero attached hydrogens (tertiary/aromatic N) is 1. The Morgan fingerprint density at radius 3 is 2.52 bits per heavy atom. The summed E-state index contributed by atoms with van der Waals surface area (Å²) in [6.45, 7) is 0.207. The van der Waals surface area contributed by atoms with Crippen molar-refractivity contribution >= 4 is 23.6 Å². The SMILES string of the molecule is O=C1NN(c2ccccc2)C(=O)/C1=C/c1cccc(OCc2cccc(F)c2)c1. The number of nitrogens with one attached hydrogen (secondary N) is 1. The summed E-state index contributed by atoms with van der Waals surface area (Å²) >= 11 is 0. The fourth-order valence-corrected chi connectivity index (χ4v) is 2.97. The van der Waals surface area contributed by atoms with E-state index in [4.69, 9.17) is 4.74 Å². The smallest absolute Gasteiger partial charge is 0.282 e. The molecule has 0 saturated carbocycles. The number of hydrogen-bond acceptors (Lipinski definition) is 3. The van der Waals surface area contributed by atoms with Gasteiger partial charge in [-0.1, -0.05) is 42.5 Å². The maximum absolute atomic E-state index is 13.3. The van der Waals surface area contributed by atoms with Gasteiger partial charge in [-0.15, -0.1) is 0 Å². The molecular formula is C23H17FN2O3. The van der Waals surface area contributed by atoms with Crippen molar-refractivity contribution in [3.63, 3.8) is 0 Å². The van der Waals surface area contributed by atoms with Crippen molar-refractivity contribution < 1.29 is 18.7 Å². The first-order valence-corrected chi connectivity index (χ1v) is 9.00. The standard InChI is InChI=1S/C23H17FN2O3/c24-18-8-4-7-17(12-18)15-29-20-11-5-6-16(13-20)14-21-22(27)25-26(23(21)28)19-9-2-1-3-10-19/h1-14H,15H2,(H,25,27)/b21-14+. The van der Waals surface area contributed by atoms with Crippen molar-refractivity contribution in [3.8, 4) is 5.75 Å². The van der Waals surface area contributed by atoms with E-state index in [1.165, 1.54) is 23.2 Å². The van der Waals surface area contributed by atoms with Crippen molar-refractivity contribution in [2.75, 3.05) is 5.01 Å². The molecule has 3 aromatic rings. The summed E-state index contributed by atoms with van der Waals surface area (Å²) in [6, 6.07) is 22.1. The summed E-state index contributed by atoms with van der Waals surface area (Å²) in [5.41, 5.74) is 4.54. The summed E-state index contributed by atoms with van der Waals surface area (Å²) in [4.78, 5) is 24.9. The number of rotatable bonds is 5. The molecule has 5 nitrogen and oxygen atoms in total. The van der Waals surface area contributed by atoms with Gasteiger partial charge in [0, 0.05) is 0 Å². The Balaban J connectivity index is 1.51. The Morgan fingerprint density at radius 1 is 0.931 bits per heavy atom. The van der Waals surface area contributed by atoms with E-state index in [2.05, 4.69) is 5.43 Å². The highest BCUT2D eigenvalue weighted by atomic mass is 19.1. The third kappa shape index (κ3) is 4.16. The molecule has 6 heteroatoms. The Kier molecular flexibility index (Phi) is 5.07. The van der Waals surface area contributed by atoms with Gasteiger partial charge in [0.05, 0.1) is 5.69 Å². The maximum atomic E-state index is 13.3. The second kappa shape index (κ2) is 7.98. The summed E-state index contributed by atoms with van der Waals surface area (Å²) in [5.74, 6) is -0.662. The zero-order valence-corrected chi connectivity index (χ0v) is 15.3. The second-order valence-corrected chi connectivity index (χ2v) is 6.47. The molecule has 1 saturated heterocycles. The van der Waals surface area contributed by atoms with Gasteiger partial charge < -0.3 is 4.74 Å². The summed E-state index contributed by atoms with van der Waals surface area (Å²) < 4.78 is 19.0. The predicted octanol–water partition coefficient (Wildman–Crippen LogP) is 3.87. The minimum atomic E-state index is -0.468. The first-order valence-electron chi connectivity index (χ1n) is 9.00. The fraction of sp³-hybridized carbons (Fsp3) is 0.0435. The van der Waals surface area contributed by atoms with Gasteiger partial charge in [0.15, 0.2) is 0 Å². The third-order valence-electron chi connectivity index (χ3n) is 4.37. The van der Waals surface area contributed by atoms with Crippen LogP contribution in [0, 0.1) is 5.82 Å². The van der Waals surface area contributed by atoms with E-state index in [-0.39, 0.29) is 18.0 Å². The molecule has 0 unspecified atom stereocenters. The molecule has 0 bridgehead atoms. The van der Waals surface area contributed by atoms with E-state index >= 15 is 0 Å². The van der Waals surface area contributed by atoms with Crippen molar-refractivity contribution in [1.29, 1.82) is 0 Å². The van der Waals surface area contributed by atoms with Gasteiger partial charge >= 0.3 is 0 Å². The number of carbonyl (C=O) groups is 2. The molecule has 1 fully saturated rings. The molecule has 3 aromatic carbocycles. The maximum Gasteiger partial charge on any atom is 0.282 e. The number of para-hydroxylation sites is 1. The highest BCUT2D eigenvalue weighted by molar-refractivity contribution is 6.31. The molecule has 0 spiro atoms. The zero-order chi connectivity index (χ0) is 20.2. The number of hydrazine groups is 1. The van der Waals surface area contributed by atoms with Crippen LogP contribution < -0.4 is 15.2 Å². The summed E-state index contributed by atoms with van der Waals surface area (Å²) in [6.07, 6.45) is 1.52. The largest absolute Gasteiger partial charge is 0.489 e. The van der Waals surface area contributed by atoms with Crippen molar-refractivity contribution in [1.82, 2.24) is 5.43 Å². The Bertz CT molecular complexity index is 1100. The first-order chi connectivity index (χ1) is 14.1. The lowest BCUT2D eigenvalue weighted by Crippen LogP contribution is -2.35. The number of carbonyl (C=O) groups excluding carboxylic acids is 2. The number of hydrogen-bond donors (Lipinski definition) is 1. The molecule has 2 amide bonds. The quantitative estimate of drug-likeness (QED) is 0.533. The molecule has 29 heavy (non-hydrogen) atoms. The van der Waals surface area contributed by atoms with Crippen LogP contribution in [0.25, 0.3) is 6.08 Å². The molecule has 1 aliphatic heterocycles. The Hall–Kier alpha value is -3.93. The minimum absolute atomic E-state index is 0.0381. The highest BCUT2D eigenvalue weighted by Gasteiger charge is 2.34. The van der Waals surface area contributed by atoms with E-state index in [0.717, 1.165) is 0 Å². The highest BCUT2D eigenvalue weighted by Crippen LogP contribution is 2.23. The van der Waals surface area contributed by atoms with E-state index in [0.29, 0.717) is 22.6 Å². The van der Waals surface area contributed by atoms with E-state index in [1.807, 2.05) is 6.07 Å². The van der Waals surface area contributed by atoms with Crippen molar-refractivity contribution in [3.05, 3.63) is 101 Å². The first kappa shape index (κ1) is 18.4. The number of amides is 2. The van der Waals surface area contributed by atoms with Crippen LogP contribution in [0.4, 0.5) is 10.1 Å². The molecule has 4 rings (SSSR count). The lowest BCUT2D eigenvalue weighted by Gasteiger charge is -2.13. The van der Waals surface area contributed by atoms with Crippen LogP contribution in [-0.2, 0) is 16.2 Å². The minimum Gasteiger partial charge on any atom is -0.489 e. The van der Waals surface area contributed by atoms with Crippen LogP contribution in [0.1, 0.15) is 11.1 Å². The second-order valence-electron chi connectivity index (χ2n) is 6.47. The topological polar surface area (TPSA) is 58.6 Å². The molecule has 0 aromatic heterocycles. The van der Waals surface area contributed by atoms with Gasteiger partial charge in [0.2, 0.25) is 0 Å². The molecule has 1 heterocycles. The predicted molar refractivity (Wildman–Crippen MR) is 107 cm³/mol. The molecule has 0 radical (unpaired) electrons. The average Bonchev–Trinajstić information content (AvgIpc) is 3.02. The number of anilines is 1. The molecule has 1 N–H and O–H groups in total. The molecule has 0 atom stereocenters. The molecule has 144 valence electrons. The normalized spacial score (nSPS) is 14.9. The summed E-state index contributed by atoms with van der Waals surface area (Å²) in [5, 5.41) is 1.22. The lowest BCUT2D eigenvalue weighted by molar-refractivity contribution is -0.117. The van der Waals surface area contributed by atoms with Crippen LogP contribution in [-0.4, -0.2) is 11.8 Å². The number of halogens is 1. The average molecular weight is 388 g/mol. The van der Waals surface area contributed by atoms with Gasteiger partial charge in [-0.05, 0) is 53.6 Å². The fourth-order valence-electron chi connectivity index (χ4n) is 2.97. The van der Waals surface area contributed by atoms with Gasteiger partial charge in [-0.3, -0.25) is 15.0 Å². The van der Waals surface area contributed by atoms with Crippen LogP contribution in [0.3, 0.4) is 0 Å². The van der Waals surface area contributed by atoms with E-state index < -0.39 is 11.8 Å². The van der Waals surface area contributed by atoms with E-state index in [9.17, 15) is 14.0 Å². The Morgan fingerprint density at radius 2 is 1.72 bits per heavy atom. The number of benzene rings is 3. The third-order valence-corrected chi connectivity index (χ3v) is 4.37. The van der Waals surface area contributed by atoms with Gasteiger partial charge in [0.25, 0.3) is 11.8 Å². The van der Waals surface area contributed by atoms with Crippen LogP contribution >= 0.6 is 0 Å². The lowest BCUT2D eigenvalue weighted by atomic mass is 10.1. The van der Waals surface area contributed by atoms with E-state index in [1.54, 1.807) is 60.7 Å². The van der Waals surface area contributed by atoms with Crippen molar-refractivity contribution in [2.24, 2.45) is 0 Å². The molecule has 1 aliphatic rings. The van der Waals surface area contributed by atoms with Gasteiger partial charge in [-0.2, -0.15) is 0 Å². The van der Waals surface area contributed by atoms with Gasteiger partial charge in [0.1, 0.15) is 23.7 Å². The Labute approximate surface area is 167 Å². The van der Waals surface area contributed by atoms with Crippen LogP contribution in [0.2, 0.25) is 0 Å². The zero-order valence-electron chi connectivity index (χ0n) is 15.3. The summed E-state index contributed by atoms with van der Waals surface area (Å²) in [7, 11) is 0. The molecular weight excluding hydrogens is 371 g/mol.